The zero-order valence-electron chi connectivity index (χ0n) is 9.81. The van der Waals surface area contributed by atoms with Crippen LogP contribution in [0.25, 0.3) is 0 Å². The van der Waals surface area contributed by atoms with Crippen LogP contribution in [0.3, 0.4) is 0 Å². The third-order valence-electron chi connectivity index (χ3n) is 2.47. The number of hydrogen-bond donors (Lipinski definition) is 0. The highest BCUT2D eigenvalue weighted by molar-refractivity contribution is 14.2. The molecule has 1 nitrogen and oxygen atoms in total. The van der Waals surface area contributed by atoms with Crippen molar-refractivity contribution in [3.8, 4) is 0 Å². The van der Waals surface area contributed by atoms with Crippen molar-refractivity contribution in [1.82, 2.24) is 0 Å². The summed E-state index contributed by atoms with van der Waals surface area (Å²) in [6, 6.07) is 10.3. The highest BCUT2D eigenvalue weighted by Crippen LogP contribution is 2.67. The van der Waals surface area contributed by atoms with E-state index >= 15 is 0 Å². The summed E-state index contributed by atoms with van der Waals surface area (Å²) in [5.74, 6) is 0. The normalized spacial score (nSPS) is 12.2. The van der Waals surface area contributed by atoms with Gasteiger partial charge in [0.15, 0.2) is 0 Å². The Morgan fingerprint density at radius 3 is 1.87 bits per heavy atom. The molecule has 0 unspecified atom stereocenters. The summed E-state index contributed by atoms with van der Waals surface area (Å²) >= 11 is 2.60. The van der Waals surface area contributed by atoms with Crippen LogP contribution < -0.4 is 0 Å². The van der Waals surface area contributed by atoms with Crippen LogP contribution in [0.1, 0.15) is 27.7 Å². The largest absolute Gasteiger partial charge is 0.257 e. The molecule has 0 radical (unpaired) electrons. The first-order valence-corrected chi connectivity index (χ1v) is 9.99. The number of nitrogens with zero attached hydrogens (tertiary/aromatic N) is 1. The molecule has 0 aliphatic heterocycles. The van der Waals surface area contributed by atoms with Gasteiger partial charge in [0.25, 0.3) is 0 Å². The summed E-state index contributed by atoms with van der Waals surface area (Å²) in [7, 11) is 0. The lowest BCUT2D eigenvalue weighted by atomic mass is 10.3. The van der Waals surface area contributed by atoms with Crippen LogP contribution in [0.15, 0.2) is 35.1 Å². The van der Waals surface area contributed by atoms with Crippen molar-refractivity contribution in [1.29, 1.82) is 0 Å². The summed E-state index contributed by atoms with van der Waals surface area (Å²) in [4.78, 5) is 0. The molecule has 0 aromatic heterocycles. The maximum atomic E-state index is 4.99. The summed E-state index contributed by atoms with van der Waals surface area (Å²) in [5.41, 5.74) is 2.43. The van der Waals surface area contributed by atoms with E-state index in [1.54, 1.807) is 0 Å². The molecule has 0 atom stereocenters. The van der Waals surface area contributed by atoms with Crippen molar-refractivity contribution in [3.63, 3.8) is 0 Å². The van der Waals surface area contributed by atoms with Gasteiger partial charge in [0.05, 0.1) is 5.69 Å². The van der Waals surface area contributed by atoms with Gasteiger partial charge in [0.1, 0.15) is 0 Å². The predicted molar refractivity (Wildman–Crippen MR) is 79.7 cm³/mol. The Labute approximate surface area is 106 Å². The molecule has 0 saturated carbocycles. The van der Waals surface area contributed by atoms with E-state index in [2.05, 4.69) is 74.0 Å². The van der Waals surface area contributed by atoms with Crippen LogP contribution in [0.5, 0.6) is 0 Å². The molecule has 0 spiro atoms. The molecule has 0 bridgehead atoms. The van der Waals surface area contributed by atoms with Crippen LogP contribution in [-0.4, -0.2) is 11.3 Å². The van der Waals surface area contributed by atoms with E-state index in [1.165, 1.54) is 0 Å². The molecular formula is C12H19INP. The quantitative estimate of drug-likeness (QED) is 0.497. The molecule has 0 heterocycles. The predicted octanol–water partition coefficient (Wildman–Crippen LogP) is 5.69. The smallest absolute Gasteiger partial charge is 0.0622 e. The Kier molecular flexibility index (Phi) is 4.85. The second kappa shape index (κ2) is 5.49. The van der Waals surface area contributed by atoms with Gasteiger partial charge in [-0.05, 0) is 45.5 Å². The van der Waals surface area contributed by atoms with Crippen LogP contribution >= 0.6 is 26.7 Å². The highest BCUT2D eigenvalue weighted by atomic mass is 127. The van der Waals surface area contributed by atoms with Crippen molar-refractivity contribution in [3.05, 3.63) is 30.3 Å². The maximum Gasteiger partial charge on any atom is 0.0622 e. The van der Waals surface area contributed by atoms with E-state index in [4.69, 9.17) is 4.74 Å². The molecule has 0 aliphatic rings. The van der Waals surface area contributed by atoms with Crippen LogP contribution in [0, 0.1) is 0 Å². The van der Waals surface area contributed by atoms with Crippen molar-refractivity contribution in [2.45, 2.75) is 39.0 Å². The molecule has 84 valence electrons. The number of halogens is 1. The second-order valence-electron chi connectivity index (χ2n) is 4.27. The Bertz CT molecular complexity index is 345. The van der Waals surface area contributed by atoms with E-state index in [0.29, 0.717) is 11.3 Å². The van der Waals surface area contributed by atoms with E-state index in [-0.39, 0.29) is 0 Å². The van der Waals surface area contributed by atoms with Crippen molar-refractivity contribution in [2.24, 2.45) is 4.74 Å². The monoisotopic (exact) mass is 335 g/mol. The van der Waals surface area contributed by atoms with Crippen molar-refractivity contribution in [2.75, 3.05) is 0 Å². The maximum absolute atomic E-state index is 4.99. The van der Waals surface area contributed by atoms with Crippen LogP contribution in [0.2, 0.25) is 0 Å². The third-order valence-corrected chi connectivity index (χ3v) is 13.2. The fourth-order valence-electron chi connectivity index (χ4n) is 1.50. The average molecular weight is 335 g/mol. The zero-order valence-corrected chi connectivity index (χ0v) is 12.9. The average Bonchev–Trinajstić information content (AvgIpc) is 2.18. The molecular weight excluding hydrogens is 316 g/mol. The van der Waals surface area contributed by atoms with Gasteiger partial charge < -0.3 is 0 Å². The Morgan fingerprint density at radius 1 is 1.00 bits per heavy atom. The van der Waals surface area contributed by atoms with Crippen molar-refractivity contribution < 1.29 is 0 Å². The number of benzene rings is 1. The minimum atomic E-state index is -1.24. The molecule has 0 saturated heterocycles. The fourth-order valence-corrected chi connectivity index (χ4v) is 4.39. The van der Waals surface area contributed by atoms with Gasteiger partial charge in [-0.25, -0.2) is 0 Å². The van der Waals surface area contributed by atoms with Gasteiger partial charge >= 0.3 is 0 Å². The van der Waals surface area contributed by atoms with Crippen LogP contribution in [0.4, 0.5) is 5.69 Å². The van der Waals surface area contributed by atoms with Gasteiger partial charge in [0.2, 0.25) is 0 Å². The zero-order chi connectivity index (χ0) is 11.5. The molecule has 0 aliphatic carbocycles. The topological polar surface area (TPSA) is 12.4 Å². The first kappa shape index (κ1) is 13.2. The second-order valence-corrected chi connectivity index (χ2v) is 12.5. The van der Waals surface area contributed by atoms with E-state index in [0.717, 1.165) is 5.69 Å². The SMILES string of the molecule is CC(C)P(I)(=Nc1ccccc1)C(C)C. The molecule has 1 rings (SSSR count). The van der Waals surface area contributed by atoms with Gasteiger partial charge in [0, 0.05) is 4.70 Å². The van der Waals surface area contributed by atoms with Gasteiger partial charge in [-0.2, -0.15) is 0 Å². The Morgan fingerprint density at radius 2 is 1.47 bits per heavy atom. The highest BCUT2D eigenvalue weighted by Gasteiger charge is 2.24. The van der Waals surface area contributed by atoms with Crippen molar-refractivity contribution >= 4 is 32.4 Å². The molecule has 0 amide bonds. The van der Waals surface area contributed by atoms with Gasteiger partial charge in [-0.3, -0.25) is 4.74 Å². The number of rotatable bonds is 3. The Balaban J connectivity index is 3.16. The standard InChI is InChI=1S/C12H19INP/c1-10(2)15(13,11(3)4)14-12-8-6-5-7-9-12/h5-11H,1-4H3. The first-order chi connectivity index (χ1) is 6.97. The fraction of sp³-hybridized carbons (Fsp3) is 0.500. The minimum absolute atomic E-state index is 0.651. The van der Waals surface area contributed by atoms with E-state index in [1.807, 2.05) is 6.07 Å². The Hall–Kier alpha value is 0.180. The minimum Gasteiger partial charge on any atom is -0.257 e. The molecule has 1 aromatic carbocycles. The van der Waals surface area contributed by atoms with E-state index in [9.17, 15) is 0 Å². The lowest BCUT2D eigenvalue weighted by molar-refractivity contribution is 1.01. The lowest BCUT2D eigenvalue weighted by Gasteiger charge is -2.26. The van der Waals surface area contributed by atoms with Gasteiger partial charge in [-0.15, -0.1) is 0 Å². The summed E-state index contributed by atoms with van der Waals surface area (Å²) in [6.07, 6.45) is 0. The number of hydrogen-bond acceptors (Lipinski definition) is 1. The summed E-state index contributed by atoms with van der Waals surface area (Å²) < 4.78 is 3.75. The van der Waals surface area contributed by atoms with E-state index < -0.39 is 4.70 Å². The molecule has 0 N–H and O–H groups in total. The van der Waals surface area contributed by atoms with Gasteiger partial charge in [-0.1, -0.05) is 45.9 Å². The lowest BCUT2D eigenvalue weighted by Crippen LogP contribution is -2.02. The molecule has 1 aromatic rings. The summed E-state index contributed by atoms with van der Waals surface area (Å²) in [5, 5.41) is 0. The summed E-state index contributed by atoms with van der Waals surface area (Å²) in [6.45, 7) is 9.14. The molecule has 3 heteroatoms. The third kappa shape index (κ3) is 3.32. The van der Waals surface area contributed by atoms with Crippen LogP contribution in [-0.2, 0) is 0 Å². The first-order valence-electron chi connectivity index (χ1n) is 5.33. The molecule has 15 heavy (non-hydrogen) atoms. The molecule has 0 fully saturated rings.